The summed E-state index contributed by atoms with van der Waals surface area (Å²) in [5.41, 5.74) is 0.625. The van der Waals surface area contributed by atoms with Crippen molar-refractivity contribution in [2.75, 3.05) is 0 Å². The van der Waals surface area contributed by atoms with Crippen molar-refractivity contribution in [2.45, 2.75) is 81.1 Å². The van der Waals surface area contributed by atoms with Crippen LogP contribution in [0.2, 0.25) is 0 Å². The van der Waals surface area contributed by atoms with Crippen LogP contribution in [0, 0.1) is 11.3 Å². The van der Waals surface area contributed by atoms with Gasteiger partial charge in [-0.1, -0.05) is 6.42 Å². The lowest BCUT2D eigenvalue weighted by molar-refractivity contribution is -0.0832. The first-order valence-electron chi connectivity index (χ1n) is 8.66. The molecule has 0 aromatic rings. The van der Waals surface area contributed by atoms with Gasteiger partial charge in [-0.2, -0.15) is 0 Å². The van der Waals surface area contributed by atoms with Crippen LogP contribution in [-0.2, 0) is 15.7 Å². The maximum Gasteiger partial charge on any atom is 0.297 e. The highest BCUT2D eigenvalue weighted by Crippen LogP contribution is 2.73. The molecule has 4 nitrogen and oxygen atoms in total. The van der Waals surface area contributed by atoms with Crippen molar-refractivity contribution in [3.05, 3.63) is 0 Å². The molecule has 0 radical (unpaired) electrons. The second kappa shape index (κ2) is 4.24. The minimum absolute atomic E-state index is 0.129. The van der Waals surface area contributed by atoms with Crippen LogP contribution >= 0.6 is 0 Å². The van der Waals surface area contributed by atoms with E-state index in [0.29, 0.717) is 11.4 Å². The average Bonchev–Trinajstić information content (AvgIpc) is 2.56. The van der Waals surface area contributed by atoms with Crippen molar-refractivity contribution in [1.29, 1.82) is 0 Å². The lowest BCUT2D eigenvalue weighted by atomic mass is 9.45. The third-order valence-electron chi connectivity index (χ3n) is 7.22. The highest BCUT2D eigenvalue weighted by atomic mass is 32.2. The standard InChI is InChI=1S/C16H24N2O2S/c19-21-13-4-2-1-3-12(13)20-14(18-21)17-16-8-6-11-5-7-15(11,16)9-10-16/h11-13H,1-10H2,(H,17,18). The lowest BCUT2D eigenvalue weighted by Crippen LogP contribution is -2.61. The molecule has 0 bridgehead atoms. The number of nitrogens with zero attached hydrogens (tertiary/aromatic N) is 1. The van der Waals surface area contributed by atoms with Crippen molar-refractivity contribution < 1.29 is 8.95 Å². The summed E-state index contributed by atoms with van der Waals surface area (Å²) in [5, 5.41) is 0.172. The molecule has 116 valence electrons. The Hall–Kier alpha value is -0.580. The van der Waals surface area contributed by atoms with Crippen LogP contribution in [0.15, 0.2) is 4.99 Å². The molecule has 0 aromatic carbocycles. The summed E-state index contributed by atoms with van der Waals surface area (Å²) < 4.78 is 21.6. The van der Waals surface area contributed by atoms with Crippen LogP contribution in [0.1, 0.15) is 64.2 Å². The van der Waals surface area contributed by atoms with E-state index in [1.807, 2.05) is 0 Å². The first-order valence-corrected chi connectivity index (χ1v) is 9.88. The van der Waals surface area contributed by atoms with Crippen LogP contribution in [0.5, 0.6) is 0 Å². The largest absolute Gasteiger partial charge is 0.460 e. The molecule has 5 fully saturated rings. The predicted octanol–water partition coefficient (Wildman–Crippen LogP) is 2.66. The van der Waals surface area contributed by atoms with E-state index in [2.05, 4.69) is 4.72 Å². The van der Waals surface area contributed by atoms with Crippen molar-refractivity contribution >= 4 is 17.0 Å². The third kappa shape index (κ3) is 1.56. The number of hydrogen-bond acceptors (Lipinski definition) is 3. The van der Waals surface area contributed by atoms with Gasteiger partial charge in [0.15, 0.2) is 0 Å². The average molecular weight is 308 g/mol. The topological polar surface area (TPSA) is 50.7 Å². The fourth-order valence-corrected chi connectivity index (χ4v) is 7.08. The number of fused-ring (bicyclic) bond motifs is 1. The second-order valence-corrected chi connectivity index (χ2v) is 9.16. The molecule has 1 saturated heterocycles. The van der Waals surface area contributed by atoms with Crippen LogP contribution < -0.4 is 4.72 Å². The van der Waals surface area contributed by atoms with E-state index in [1.165, 1.54) is 51.4 Å². The van der Waals surface area contributed by atoms with E-state index >= 15 is 0 Å². The van der Waals surface area contributed by atoms with Crippen molar-refractivity contribution in [3.63, 3.8) is 0 Å². The molecular formula is C16H24N2O2S. The van der Waals surface area contributed by atoms with Gasteiger partial charge in [-0.05, 0) is 69.1 Å². The van der Waals surface area contributed by atoms with Gasteiger partial charge < -0.3 is 4.74 Å². The Balaban J connectivity index is 1.42. The number of hydrogen-bond donors (Lipinski definition) is 1. The SMILES string of the molecule is O=S1NC(=NC23CCC4CCC42CC3)OC2CCCCC21. The quantitative estimate of drug-likeness (QED) is 0.809. The highest BCUT2D eigenvalue weighted by Gasteiger charge is 2.70. The van der Waals surface area contributed by atoms with Gasteiger partial charge in [-0.25, -0.2) is 9.20 Å². The van der Waals surface area contributed by atoms with Crippen molar-refractivity contribution in [3.8, 4) is 0 Å². The van der Waals surface area contributed by atoms with Crippen LogP contribution in [0.25, 0.3) is 0 Å². The van der Waals surface area contributed by atoms with Gasteiger partial charge in [0.25, 0.3) is 6.02 Å². The third-order valence-corrected chi connectivity index (χ3v) is 8.69. The number of amidine groups is 1. The van der Waals surface area contributed by atoms with E-state index in [0.717, 1.165) is 18.8 Å². The molecule has 4 aliphatic carbocycles. The van der Waals surface area contributed by atoms with Crippen LogP contribution in [-0.4, -0.2) is 27.1 Å². The Morgan fingerprint density at radius 3 is 2.71 bits per heavy atom. The molecule has 6 unspecified atom stereocenters. The molecular weight excluding hydrogens is 284 g/mol. The summed E-state index contributed by atoms with van der Waals surface area (Å²) in [6.07, 6.45) is 12.4. The van der Waals surface area contributed by atoms with Gasteiger partial charge >= 0.3 is 0 Å². The van der Waals surface area contributed by atoms with E-state index in [1.54, 1.807) is 0 Å². The molecule has 5 rings (SSSR count). The Bertz CT molecular complexity index is 532. The Kier molecular flexibility index (Phi) is 2.61. The van der Waals surface area contributed by atoms with Gasteiger partial charge in [-0.15, -0.1) is 0 Å². The van der Waals surface area contributed by atoms with Gasteiger partial charge in [0.2, 0.25) is 0 Å². The molecule has 21 heavy (non-hydrogen) atoms. The van der Waals surface area contributed by atoms with Crippen LogP contribution in [0.3, 0.4) is 0 Å². The maximum absolute atomic E-state index is 12.4. The lowest BCUT2D eigenvalue weighted by Gasteiger charge is -2.61. The summed E-state index contributed by atoms with van der Waals surface area (Å²) in [6, 6.07) is 0.600. The smallest absolute Gasteiger partial charge is 0.297 e. The summed E-state index contributed by atoms with van der Waals surface area (Å²) >= 11 is 0. The van der Waals surface area contributed by atoms with E-state index in [9.17, 15) is 4.21 Å². The summed E-state index contributed by atoms with van der Waals surface area (Å²) in [7, 11) is -1.00. The minimum Gasteiger partial charge on any atom is -0.460 e. The zero-order valence-corrected chi connectivity index (χ0v) is 13.3. The van der Waals surface area contributed by atoms with Crippen LogP contribution in [0.4, 0.5) is 0 Å². The highest BCUT2D eigenvalue weighted by molar-refractivity contribution is 7.84. The number of ether oxygens (including phenoxy) is 1. The van der Waals surface area contributed by atoms with Gasteiger partial charge in [-0.3, -0.25) is 4.72 Å². The molecule has 1 aliphatic heterocycles. The van der Waals surface area contributed by atoms with Crippen molar-refractivity contribution in [1.82, 2.24) is 4.72 Å². The molecule has 0 amide bonds. The number of nitrogens with one attached hydrogen (secondary N) is 1. The summed E-state index contributed by atoms with van der Waals surface area (Å²) in [4.78, 5) is 5.04. The maximum atomic E-state index is 12.4. The normalized spacial score (nSPS) is 56.1. The minimum atomic E-state index is -1.00. The zero-order valence-electron chi connectivity index (χ0n) is 12.5. The van der Waals surface area contributed by atoms with Gasteiger partial charge in [0, 0.05) is 0 Å². The molecule has 5 heteroatoms. The monoisotopic (exact) mass is 308 g/mol. The molecule has 4 saturated carbocycles. The first-order chi connectivity index (χ1) is 10.2. The van der Waals surface area contributed by atoms with E-state index in [-0.39, 0.29) is 16.9 Å². The Labute approximate surface area is 128 Å². The molecule has 1 N–H and O–H groups in total. The molecule has 6 atom stereocenters. The number of rotatable bonds is 1. The van der Waals surface area contributed by atoms with E-state index < -0.39 is 11.0 Å². The molecule has 0 aromatic heterocycles. The predicted molar refractivity (Wildman–Crippen MR) is 82.2 cm³/mol. The zero-order chi connectivity index (χ0) is 14.1. The fourth-order valence-electron chi connectivity index (χ4n) is 5.82. The summed E-state index contributed by atoms with van der Waals surface area (Å²) in [6.45, 7) is 0. The molecule has 1 spiro atoms. The fraction of sp³-hybridized carbons (Fsp3) is 0.938. The molecule has 1 heterocycles. The summed E-state index contributed by atoms with van der Waals surface area (Å²) in [5.74, 6) is 0.909. The van der Waals surface area contributed by atoms with Gasteiger partial charge in [0.05, 0.1) is 10.8 Å². The van der Waals surface area contributed by atoms with Crippen molar-refractivity contribution in [2.24, 2.45) is 16.3 Å². The van der Waals surface area contributed by atoms with E-state index in [4.69, 9.17) is 9.73 Å². The number of aliphatic imine (C=N–C) groups is 1. The van der Waals surface area contributed by atoms with Gasteiger partial charge in [0.1, 0.15) is 17.1 Å². The first kappa shape index (κ1) is 12.9. The second-order valence-electron chi connectivity index (χ2n) is 7.76. The molecule has 5 aliphatic rings. The Morgan fingerprint density at radius 1 is 1.10 bits per heavy atom. The Morgan fingerprint density at radius 2 is 1.95 bits per heavy atom.